The molecule has 1 aliphatic heterocycles. The predicted molar refractivity (Wildman–Crippen MR) is 84.8 cm³/mol. The molecule has 0 aromatic carbocycles. The number of carboxylic acids is 1. The highest BCUT2D eigenvalue weighted by molar-refractivity contribution is 6.35. The quantitative estimate of drug-likeness (QED) is 0.270. The summed E-state index contributed by atoms with van der Waals surface area (Å²) in [5.41, 5.74) is -0.446. The molecular formula is C15H16ClN3O5. The molecule has 24 heavy (non-hydrogen) atoms. The van der Waals surface area contributed by atoms with E-state index < -0.39 is 23.4 Å². The number of amides is 1. The molecule has 1 aliphatic rings. The largest absolute Gasteiger partial charge is 0.477 e. The number of pyridine rings is 1. The van der Waals surface area contributed by atoms with Crippen molar-refractivity contribution in [1.82, 2.24) is 15.2 Å². The van der Waals surface area contributed by atoms with E-state index in [0.29, 0.717) is 19.5 Å². The van der Waals surface area contributed by atoms with E-state index in [1.54, 1.807) is 0 Å². The number of methoxy groups -OCH3 is 1. The Morgan fingerprint density at radius 1 is 1.50 bits per heavy atom. The summed E-state index contributed by atoms with van der Waals surface area (Å²) in [4.78, 5) is 40.4. The molecule has 0 radical (unpaired) electrons. The summed E-state index contributed by atoms with van der Waals surface area (Å²) in [5, 5.41) is 12.1. The van der Waals surface area contributed by atoms with E-state index in [0.717, 1.165) is 6.20 Å². The molecule has 1 fully saturated rings. The van der Waals surface area contributed by atoms with E-state index in [1.807, 2.05) is 0 Å². The Hall–Kier alpha value is -2.61. The van der Waals surface area contributed by atoms with Gasteiger partial charge in [-0.1, -0.05) is 11.6 Å². The fourth-order valence-corrected chi connectivity index (χ4v) is 2.52. The van der Waals surface area contributed by atoms with Crippen LogP contribution in [0.4, 0.5) is 4.79 Å². The molecule has 1 amide bonds. The molecule has 0 saturated carbocycles. The van der Waals surface area contributed by atoms with Gasteiger partial charge in [0.25, 0.3) is 0 Å². The highest BCUT2D eigenvalue weighted by Crippen LogP contribution is 2.17. The first-order chi connectivity index (χ1) is 11.4. The number of aromatic nitrogens is 1. The first-order valence-corrected chi connectivity index (χ1v) is 7.49. The van der Waals surface area contributed by atoms with Crippen molar-refractivity contribution in [1.29, 1.82) is 0 Å². The number of rotatable bonds is 5. The van der Waals surface area contributed by atoms with Gasteiger partial charge in [-0.25, -0.2) is 14.6 Å². The maximum atomic E-state index is 12.3. The van der Waals surface area contributed by atoms with Crippen LogP contribution < -0.4 is 5.32 Å². The van der Waals surface area contributed by atoms with Crippen molar-refractivity contribution in [2.45, 2.75) is 12.5 Å². The van der Waals surface area contributed by atoms with Gasteiger partial charge in [-0.15, -0.1) is 0 Å². The molecule has 2 N–H and O–H groups in total. The number of aliphatic carboxylic acids is 1. The summed E-state index contributed by atoms with van der Waals surface area (Å²) in [6.07, 6.45) is 2.71. The predicted octanol–water partition coefficient (Wildman–Crippen LogP) is 1.32. The molecule has 9 heteroatoms. The number of nitrogens with zero attached hydrogens (tertiary/aromatic N) is 2. The minimum Gasteiger partial charge on any atom is -0.477 e. The number of carbonyl (C=O) groups is 3. The summed E-state index contributed by atoms with van der Waals surface area (Å²) >= 11 is 5.83. The number of ketones is 1. The number of halogens is 1. The van der Waals surface area contributed by atoms with E-state index >= 15 is 0 Å². The third-order valence-corrected chi connectivity index (χ3v) is 3.86. The third kappa shape index (κ3) is 4.02. The van der Waals surface area contributed by atoms with Gasteiger partial charge < -0.3 is 20.1 Å². The van der Waals surface area contributed by atoms with Crippen LogP contribution >= 0.6 is 11.6 Å². The summed E-state index contributed by atoms with van der Waals surface area (Å²) < 4.78 is 4.63. The van der Waals surface area contributed by atoms with Crippen LogP contribution in [0, 0.1) is 0 Å². The van der Waals surface area contributed by atoms with Crippen molar-refractivity contribution < 1.29 is 24.2 Å². The normalized spacial score (nSPS) is 17.5. The number of hydrogen-bond acceptors (Lipinski definition) is 6. The van der Waals surface area contributed by atoms with Crippen LogP contribution in [0.25, 0.3) is 0 Å². The average Bonchev–Trinajstić information content (AvgIpc) is 3.03. The summed E-state index contributed by atoms with van der Waals surface area (Å²) in [6, 6.07) is 2.73. The molecule has 128 valence electrons. The van der Waals surface area contributed by atoms with Crippen molar-refractivity contribution >= 4 is 29.4 Å². The van der Waals surface area contributed by atoms with Gasteiger partial charge in [0.15, 0.2) is 0 Å². The molecule has 1 aromatic heterocycles. The molecule has 2 heterocycles. The van der Waals surface area contributed by atoms with Crippen LogP contribution in [-0.2, 0) is 9.53 Å². The second-order valence-corrected chi connectivity index (χ2v) is 5.46. The number of likely N-dealkylation sites (tertiary alicyclic amines) is 1. The van der Waals surface area contributed by atoms with Crippen molar-refractivity contribution in [3.8, 4) is 0 Å². The molecular weight excluding hydrogens is 338 g/mol. The van der Waals surface area contributed by atoms with Gasteiger partial charge in [-0.3, -0.25) is 4.79 Å². The minimum absolute atomic E-state index is 0.0113. The van der Waals surface area contributed by atoms with Gasteiger partial charge in [0.05, 0.1) is 12.7 Å². The van der Waals surface area contributed by atoms with Gasteiger partial charge in [0.1, 0.15) is 10.7 Å². The molecule has 1 atom stereocenters. The van der Waals surface area contributed by atoms with Gasteiger partial charge in [-0.05, 0) is 18.6 Å². The number of ether oxygens (including phenoxy) is 1. The van der Waals surface area contributed by atoms with Crippen LogP contribution in [0.2, 0.25) is 5.15 Å². The Labute approximate surface area is 143 Å². The fourth-order valence-electron chi connectivity index (χ4n) is 2.32. The molecule has 8 nitrogen and oxygen atoms in total. The third-order valence-electron chi connectivity index (χ3n) is 3.56. The number of nitrogens with one attached hydrogen (secondary N) is 1. The van der Waals surface area contributed by atoms with E-state index in [1.165, 1.54) is 30.3 Å². The highest BCUT2D eigenvalue weighted by atomic mass is 35.5. The zero-order valence-electron chi connectivity index (χ0n) is 12.9. The summed E-state index contributed by atoms with van der Waals surface area (Å²) in [5.74, 6) is -2.12. The van der Waals surface area contributed by atoms with Gasteiger partial charge in [0, 0.05) is 31.5 Å². The lowest BCUT2D eigenvalue weighted by atomic mass is 10.1. The number of carboxylic acid groups (broad SMARTS) is 1. The zero-order valence-corrected chi connectivity index (χ0v) is 13.6. The molecule has 0 spiro atoms. The van der Waals surface area contributed by atoms with E-state index in [2.05, 4.69) is 15.0 Å². The maximum Gasteiger partial charge on any atom is 0.409 e. The van der Waals surface area contributed by atoms with E-state index in [9.17, 15) is 19.5 Å². The molecule has 1 unspecified atom stereocenters. The van der Waals surface area contributed by atoms with Crippen molar-refractivity contribution in [3.63, 3.8) is 0 Å². The van der Waals surface area contributed by atoms with E-state index in [4.69, 9.17) is 11.6 Å². The Morgan fingerprint density at radius 3 is 2.88 bits per heavy atom. The Kier molecular flexibility index (Phi) is 5.75. The maximum absolute atomic E-state index is 12.3. The topological polar surface area (TPSA) is 109 Å². The number of Topliss-reactive ketones (excluding diaryl/α,β-unsaturated/α-hetero) is 1. The second-order valence-electron chi connectivity index (χ2n) is 5.10. The average molecular weight is 354 g/mol. The van der Waals surface area contributed by atoms with Crippen molar-refractivity contribution in [3.05, 3.63) is 40.8 Å². The zero-order chi connectivity index (χ0) is 17.7. The monoisotopic (exact) mass is 353 g/mol. The molecule has 1 saturated heterocycles. The molecule has 0 bridgehead atoms. The van der Waals surface area contributed by atoms with Crippen LogP contribution in [0.3, 0.4) is 0 Å². The van der Waals surface area contributed by atoms with E-state index in [-0.39, 0.29) is 16.8 Å². The summed E-state index contributed by atoms with van der Waals surface area (Å²) in [7, 11) is 1.29. The Balaban J connectivity index is 2.10. The smallest absolute Gasteiger partial charge is 0.409 e. The molecule has 2 rings (SSSR count). The van der Waals surface area contributed by atoms with Gasteiger partial charge in [-0.2, -0.15) is 0 Å². The van der Waals surface area contributed by atoms with Gasteiger partial charge >= 0.3 is 12.1 Å². The number of carbonyl (C=O) groups excluding carboxylic acids is 2. The van der Waals surface area contributed by atoms with Crippen LogP contribution in [0.5, 0.6) is 0 Å². The molecule has 1 aromatic rings. The Morgan fingerprint density at radius 2 is 2.25 bits per heavy atom. The fraction of sp³-hybridized carbons (Fsp3) is 0.333. The van der Waals surface area contributed by atoms with Crippen LogP contribution in [0.15, 0.2) is 30.1 Å². The first-order valence-electron chi connectivity index (χ1n) is 7.11. The van der Waals surface area contributed by atoms with Crippen molar-refractivity contribution in [2.24, 2.45) is 0 Å². The lowest BCUT2D eigenvalue weighted by Crippen LogP contribution is -2.33. The lowest BCUT2D eigenvalue weighted by Gasteiger charge is -2.15. The van der Waals surface area contributed by atoms with Gasteiger partial charge in [0.2, 0.25) is 5.78 Å². The standard InChI is InChI=1S/C15H16ClN3O5/c1-24-15(23)19-6-4-9(8-19)18-7-11(14(21)22)12(20)10-3-2-5-17-13(10)16/h2-3,5,7,9,18H,4,6,8H2,1H3,(H,21,22). The minimum atomic E-state index is -1.38. The highest BCUT2D eigenvalue weighted by Gasteiger charge is 2.27. The van der Waals surface area contributed by atoms with Crippen LogP contribution in [-0.4, -0.2) is 59.1 Å². The second kappa shape index (κ2) is 7.78. The Bertz CT molecular complexity index is 691. The SMILES string of the molecule is COC(=O)N1CCC(NC=C(C(=O)O)C(=O)c2cccnc2Cl)C1. The molecule has 0 aliphatic carbocycles. The van der Waals surface area contributed by atoms with Crippen LogP contribution in [0.1, 0.15) is 16.8 Å². The first kappa shape index (κ1) is 17.7. The van der Waals surface area contributed by atoms with Crippen molar-refractivity contribution in [2.75, 3.05) is 20.2 Å². The summed E-state index contributed by atoms with van der Waals surface area (Å²) in [6.45, 7) is 0.848. The number of hydrogen-bond donors (Lipinski definition) is 2. The lowest BCUT2D eigenvalue weighted by molar-refractivity contribution is -0.132.